The molecule has 4 aromatic heterocycles. The van der Waals surface area contributed by atoms with E-state index in [1.165, 1.54) is 27.5 Å². The molecule has 0 fully saturated rings. The first-order chi connectivity index (χ1) is 37.4. The van der Waals surface area contributed by atoms with E-state index < -0.39 is 0 Å². The van der Waals surface area contributed by atoms with Gasteiger partial charge in [-0.15, -0.1) is 0 Å². The molecule has 0 spiro atoms. The van der Waals surface area contributed by atoms with Gasteiger partial charge in [0.05, 0.1) is 16.7 Å². The molecule has 14 aromatic rings. The molecule has 0 aliphatic heterocycles. The number of furan rings is 2. The lowest BCUT2D eigenvalue weighted by atomic mass is 9.83. The van der Waals surface area contributed by atoms with E-state index in [0.717, 1.165) is 105 Å². The molecule has 0 aliphatic carbocycles. The van der Waals surface area contributed by atoms with E-state index in [-0.39, 0.29) is 10.8 Å². The van der Waals surface area contributed by atoms with Crippen LogP contribution in [0.3, 0.4) is 0 Å². The highest BCUT2D eigenvalue weighted by molar-refractivity contribution is 6.16. The van der Waals surface area contributed by atoms with E-state index in [1.807, 2.05) is 36.4 Å². The molecule has 0 saturated carbocycles. The third-order valence-corrected chi connectivity index (χ3v) is 15.3. The first kappa shape index (κ1) is 46.2. The standard InChI is InChI=1S/C71H54N4O2/c1-70(2,3)49-32-35-60-58(40-49)59-42-50(71(4,5)6)41-57(45-24-14-9-15-25-45)66(59)75(60)65-55(43-20-10-7-11-21-43)36-48(37-56(65)44-22-12-8-13-23-44)69-73-67(46-30-33-53-51-26-16-18-28-61(51)76-63(53)38-46)72-68(74-69)47-31-34-54-52-27-17-19-29-62(52)77-64(54)39-47/h7-42H,1-6H3. The predicted molar refractivity (Wildman–Crippen MR) is 319 cm³/mol. The van der Waals surface area contributed by atoms with Crippen LogP contribution in [0.5, 0.6) is 0 Å². The molecule has 370 valence electrons. The predicted octanol–water partition coefficient (Wildman–Crippen LogP) is 19.4. The Morgan fingerprint density at radius 2 is 0.740 bits per heavy atom. The molecule has 6 nitrogen and oxygen atoms in total. The zero-order chi connectivity index (χ0) is 52.2. The Labute approximate surface area is 447 Å². The summed E-state index contributed by atoms with van der Waals surface area (Å²) in [5, 5.41) is 6.64. The van der Waals surface area contributed by atoms with Crippen molar-refractivity contribution in [2.24, 2.45) is 0 Å². The van der Waals surface area contributed by atoms with Gasteiger partial charge in [-0.3, -0.25) is 0 Å². The van der Waals surface area contributed by atoms with Gasteiger partial charge in [-0.25, -0.2) is 15.0 Å². The Morgan fingerprint density at radius 3 is 1.23 bits per heavy atom. The summed E-state index contributed by atoms with van der Waals surface area (Å²) in [5.74, 6) is 1.60. The summed E-state index contributed by atoms with van der Waals surface area (Å²) in [6.45, 7) is 13.8. The summed E-state index contributed by atoms with van der Waals surface area (Å²) < 4.78 is 15.5. The maximum Gasteiger partial charge on any atom is 0.164 e. The van der Waals surface area contributed by atoms with Crippen molar-refractivity contribution in [3.05, 3.63) is 230 Å². The minimum Gasteiger partial charge on any atom is -0.456 e. The summed E-state index contributed by atoms with van der Waals surface area (Å²) in [4.78, 5) is 16.2. The van der Waals surface area contributed by atoms with Gasteiger partial charge in [0.25, 0.3) is 0 Å². The second-order valence-electron chi connectivity index (χ2n) is 22.4. The fourth-order valence-electron chi connectivity index (χ4n) is 11.3. The summed E-state index contributed by atoms with van der Waals surface area (Å²) in [5.41, 5.74) is 18.0. The molecular weight excluding hydrogens is 941 g/mol. The Kier molecular flexibility index (Phi) is 10.6. The molecule has 0 amide bonds. The van der Waals surface area contributed by atoms with Crippen LogP contribution in [0.2, 0.25) is 0 Å². The van der Waals surface area contributed by atoms with Crippen LogP contribution < -0.4 is 0 Å². The minimum absolute atomic E-state index is 0.0730. The number of hydrogen-bond donors (Lipinski definition) is 0. The maximum absolute atomic E-state index is 6.46. The van der Waals surface area contributed by atoms with E-state index in [2.05, 4.69) is 228 Å². The van der Waals surface area contributed by atoms with Crippen LogP contribution >= 0.6 is 0 Å². The molecule has 6 heteroatoms. The summed E-state index contributed by atoms with van der Waals surface area (Å²) in [7, 11) is 0. The SMILES string of the molecule is CC(C)(C)c1ccc2c(c1)c1cc(C(C)(C)C)cc(-c3ccccc3)c1n2-c1c(-c2ccccc2)cc(-c2nc(-c3ccc4c(c3)oc3ccccc34)nc(-c3ccc4c(c3)oc3ccccc34)n2)cc1-c1ccccc1. The molecule has 0 saturated heterocycles. The largest absolute Gasteiger partial charge is 0.456 e. The molecule has 0 atom stereocenters. The van der Waals surface area contributed by atoms with E-state index in [0.29, 0.717) is 17.5 Å². The highest BCUT2D eigenvalue weighted by Crippen LogP contribution is 2.48. The van der Waals surface area contributed by atoms with Crippen molar-refractivity contribution in [1.29, 1.82) is 0 Å². The lowest BCUT2D eigenvalue weighted by Crippen LogP contribution is -2.11. The van der Waals surface area contributed by atoms with Gasteiger partial charge in [-0.1, -0.05) is 187 Å². The Bertz CT molecular complexity index is 4430. The van der Waals surface area contributed by atoms with Crippen LogP contribution in [0.4, 0.5) is 0 Å². The Morgan fingerprint density at radius 1 is 0.312 bits per heavy atom. The van der Waals surface area contributed by atoms with Gasteiger partial charge in [-0.05, 0) is 111 Å². The van der Waals surface area contributed by atoms with Gasteiger partial charge in [0, 0.05) is 65.7 Å². The average molecular weight is 995 g/mol. The summed E-state index contributed by atoms with van der Waals surface area (Å²) in [6.07, 6.45) is 0. The highest BCUT2D eigenvalue weighted by Gasteiger charge is 2.28. The topological polar surface area (TPSA) is 69.9 Å². The highest BCUT2D eigenvalue weighted by atomic mass is 16.3. The molecular formula is C71H54N4O2. The zero-order valence-electron chi connectivity index (χ0n) is 43.9. The minimum atomic E-state index is -0.113. The smallest absolute Gasteiger partial charge is 0.164 e. The zero-order valence-corrected chi connectivity index (χ0v) is 43.9. The first-order valence-corrected chi connectivity index (χ1v) is 26.5. The normalized spacial score (nSPS) is 12.3. The Balaban J connectivity index is 1.09. The number of hydrogen-bond acceptors (Lipinski definition) is 5. The second-order valence-corrected chi connectivity index (χ2v) is 22.4. The van der Waals surface area contributed by atoms with Gasteiger partial charge >= 0.3 is 0 Å². The second kappa shape index (κ2) is 17.6. The molecule has 14 rings (SSSR count). The van der Waals surface area contributed by atoms with Gasteiger partial charge in [0.1, 0.15) is 22.3 Å². The van der Waals surface area contributed by atoms with Crippen LogP contribution in [0, 0.1) is 0 Å². The average Bonchev–Trinajstić information content (AvgIpc) is 4.36. The third-order valence-electron chi connectivity index (χ3n) is 15.3. The number of rotatable bonds is 7. The molecule has 10 aromatic carbocycles. The van der Waals surface area contributed by atoms with Gasteiger partial charge < -0.3 is 13.4 Å². The Hall–Kier alpha value is -9.39. The molecule has 77 heavy (non-hydrogen) atoms. The van der Waals surface area contributed by atoms with Gasteiger partial charge in [0.2, 0.25) is 0 Å². The van der Waals surface area contributed by atoms with Crippen molar-refractivity contribution < 1.29 is 8.83 Å². The summed E-state index contributed by atoms with van der Waals surface area (Å²) in [6, 6.07) is 77.8. The lowest BCUT2D eigenvalue weighted by molar-refractivity contribution is 0.590. The maximum atomic E-state index is 6.46. The molecule has 0 radical (unpaired) electrons. The molecule has 0 aliphatic rings. The van der Waals surface area contributed by atoms with E-state index in [9.17, 15) is 0 Å². The fraction of sp³-hybridized carbons (Fsp3) is 0.113. The van der Waals surface area contributed by atoms with Crippen LogP contribution in [0.25, 0.3) is 139 Å². The van der Waals surface area contributed by atoms with Crippen molar-refractivity contribution in [3.63, 3.8) is 0 Å². The van der Waals surface area contributed by atoms with E-state index >= 15 is 0 Å². The fourth-order valence-corrected chi connectivity index (χ4v) is 11.3. The van der Waals surface area contributed by atoms with E-state index in [4.69, 9.17) is 23.8 Å². The van der Waals surface area contributed by atoms with E-state index in [1.54, 1.807) is 0 Å². The van der Waals surface area contributed by atoms with Crippen LogP contribution in [0.15, 0.2) is 227 Å². The van der Waals surface area contributed by atoms with Crippen molar-refractivity contribution >= 4 is 65.7 Å². The summed E-state index contributed by atoms with van der Waals surface area (Å²) >= 11 is 0. The van der Waals surface area contributed by atoms with Crippen LogP contribution in [-0.4, -0.2) is 19.5 Å². The van der Waals surface area contributed by atoms with Gasteiger partial charge in [0.15, 0.2) is 17.5 Å². The quantitative estimate of drug-likeness (QED) is 0.159. The monoisotopic (exact) mass is 994 g/mol. The number of fused-ring (bicyclic) bond motifs is 9. The van der Waals surface area contributed by atoms with Crippen LogP contribution in [0.1, 0.15) is 52.7 Å². The molecule has 0 bridgehead atoms. The number of aromatic nitrogens is 4. The number of nitrogens with zero attached hydrogens (tertiary/aromatic N) is 4. The third kappa shape index (κ3) is 7.90. The van der Waals surface area contributed by atoms with Crippen molar-refractivity contribution in [2.45, 2.75) is 52.4 Å². The number of benzene rings is 10. The van der Waals surface area contributed by atoms with Crippen molar-refractivity contribution in [3.8, 4) is 73.2 Å². The van der Waals surface area contributed by atoms with Crippen molar-refractivity contribution in [1.82, 2.24) is 19.5 Å². The van der Waals surface area contributed by atoms with Crippen LogP contribution in [-0.2, 0) is 10.8 Å². The molecule has 0 N–H and O–H groups in total. The van der Waals surface area contributed by atoms with Gasteiger partial charge in [-0.2, -0.15) is 0 Å². The molecule has 0 unspecified atom stereocenters. The lowest BCUT2D eigenvalue weighted by Gasteiger charge is -2.24. The van der Waals surface area contributed by atoms with Crippen molar-refractivity contribution in [2.75, 3.05) is 0 Å². The number of para-hydroxylation sites is 2. The first-order valence-electron chi connectivity index (χ1n) is 26.5. The molecule has 4 heterocycles.